The molecule has 0 radical (unpaired) electrons. The van der Waals surface area contributed by atoms with E-state index in [0.717, 1.165) is 10.9 Å². The van der Waals surface area contributed by atoms with Crippen molar-refractivity contribution in [2.45, 2.75) is 11.8 Å². The van der Waals surface area contributed by atoms with Gasteiger partial charge in [-0.15, -0.1) is 5.11 Å². The van der Waals surface area contributed by atoms with Crippen LogP contribution in [0.4, 0.5) is 11.4 Å². The molecule has 0 atom stereocenters. The number of benzene rings is 3. The van der Waals surface area contributed by atoms with E-state index in [1.165, 1.54) is 10.2 Å². The molecule has 0 unspecified atom stereocenters. The normalized spacial score (nSPS) is 12.1. The van der Waals surface area contributed by atoms with Gasteiger partial charge in [0, 0.05) is 16.6 Å². The van der Waals surface area contributed by atoms with Gasteiger partial charge >= 0.3 is 0 Å². The zero-order valence-electron chi connectivity index (χ0n) is 14.9. The molecule has 140 valence electrons. The van der Waals surface area contributed by atoms with Gasteiger partial charge in [-0.25, -0.2) is 12.4 Å². The maximum atomic E-state index is 13.1. The number of azo groups is 1. The highest BCUT2D eigenvalue weighted by Crippen LogP contribution is 2.33. The predicted molar refractivity (Wildman–Crippen MR) is 111 cm³/mol. The molecule has 0 spiro atoms. The zero-order valence-corrected chi connectivity index (χ0v) is 16.5. The van der Waals surface area contributed by atoms with Gasteiger partial charge in [-0.3, -0.25) is 0 Å². The number of halogens is 1. The molecule has 3 aromatic carbocycles. The second-order valence-corrected chi connectivity index (χ2v) is 8.58. The largest absolute Gasteiger partial charge is 0.268 e. The topological polar surface area (TPSA) is 63.8 Å². The van der Waals surface area contributed by atoms with E-state index in [2.05, 4.69) is 10.2 Å². The maximum Gasteiger partial charge on any atom is 0.268 e. The third-order valence-electron chi connectivity index (χ3n) is 4.30. The Labute approximate surface area is 168 Å². The molecule has 0 saturated heterocycles. The summed E-state index contributed by atoms with van der Waals surface area (Å²) in [6.07, 6.45) is 1.51. The van der Waals surface area contributed by atoms with E-state index in [4.69, 9.17) is 11.6 Å². The van der Waals surface area contributed by atoms with Crippen LogP contribution in [0.5, 0.6) is 0 Å². The van der Waals surface area contributed by atoms with Crippen LogP contribution in [-0.4, -0.2) is 12.4 Å². The lowest BCUT2D eigenvalue weighted by Gasteiger charge is -2.07. The van der Waals surface area contributed by atoms with Crippen LogP contribution in [0.15, 0.2) is 94.1 Å². The number of rotatable bonds is 4. The maximum absolute atomic E-state index is 13.1. The first-order valence-electron chi connectivity index (χ1n) is 8.55. The number of aryl methyl sites for hydroxylation is 1. The molecular formula is C21H16ClN3O2S. The summed E-state index contributed by atoms with van der Waals surface area (Å²) in [7, 11) is -3.75. The van der Waals surface area contributed by atoms with Crippen molar-refractivity contribution in [1.29, 1.82) is 0 Å². The van der Waals surface area contributed by atoms with E-state index in [-0.39, 0.29) is 4.90 Å². The first kappa shape index (κ1) is 18.4. The van der Waals surface area contributed by atoms with Crippen LogP contribution in [0.25, 0.3) is 10.9 Å². The van der Waals surface area contributed by atoms with E-state index in [1.807, 2.05) is 19.1 Å². The SMILES string of the molecule is Cc1ccc2c(c1)c(N=Nc1ccc(Cl)cc1)cn2S(=O)(=O)c1ccccc1. The Morgan fingerprint density at radius 1 is 0.893 bits per heavy atom. The minimum absolute atomic E-state index is 0.216. The molecule has 0 amide bonds. The smallest absolute Gasteiger partial charge is 0.239 e. The molecule has 0 aliphatic carbocycles. The number of hydrogen-bond acceptors (Lipinski definition) is 4. The van der Waals surface area contributed by atoms with Gasteiger partial charge in [0.25, 0.3) is 10.0 Å². The highest BCUT2D eigenvalue weighted by molar-refractivity contribution is 7.90. The fraction of sp³-hybridized carbons (Fsp3) is 0.0476. The Kier molecular flexibility index (Phi) is 4.75. The van der Waals surface area contributed by atoms with E-state index in [0.29, 0.717) is 21.9 Å². The summed E-state index contributed by atoms with van der Waals surface area (Å²) < 4.78 is 27.5. The Balaban J connectivity index is 1.87. The van der Waals surface area contributed by atoms with Crippen LogP contribution in [0.1, 0.15) is 5.56 Å². The monoisotopic (exact) mass is 409 g/mol. The van der Waals surface area contributed by atoms with Gasteiger partial charge in [-0.05, 0) is 55.5 Å². The van der Waals surface area contributed by atoms with Crippen molar-refractivity contribution in [3.05, 3.63) is 89.6 Å². The molecule has 0 aliphatic rings. The fourth-order valence-corrected chi connectivity index (χ4v) is 4.41. The molecule has 1 aromatic heterocycles. The molecule has 0 saturated carbocycles. The van der Waals surface area contributed by atoms with E-state index in [9.17, 15) is 8.42 Å². The fourth-order valence-electron chi connectivity index (χ4n) is 2.90. The van der Waals surface area contributed by atoms with Crippen molar-refractivity contribution in [3.63, 3.8) is 0 Å². The molecule has 0 fully saturated rings. The number of aromatic nitrogens is 1. The van der Waals surface area contributed by atoms with Crippen LogP contribution >= 0.6 is 11.6 Å². The van der Waals surface area contributed by atoms with Crippen LogP contribution in [0, 0.1) is 6.92 Å². The van der Waals surface area contributed by atoms with E-state index in [1.54, 1.807) is 60.7 Å². The van der Waals surface area contributed by atoms with Crippen LogP contribution < -0.4 is 0 Å². The molecule has 5 nitrogen and oxygen atoms in total. The van der Waals surface area contributed by atoms with Gasteiger partial charge in [-0.1, -0.05) is 41.4 Å². The van der Waals surface area contributed by atoms with Crippen molar-refractivity contribution in [2.75, 3.05) is 0 Å². The molecule has 7 heteroatoms. The lowest BCUT2D eigenvalue weighted by Crippen LogP contribution is -2.11. The van der Waals surface area contributed by atoms with E-state index >= 15 is 0 Å². The summed E-state index contributed by atoms with van der Waals surface area (Å²) in [5, 5.41) is 9.85. The molecule has 28 heavy (non-hydrogen) atoms. The van der Waals surface area contributed by atoms with Crippen molar-refractivity contribution in [1.82, 2.24) is 3.97 Å². The van der Waals surface area contributed by atoms with Gasteiger partial charge in [0.05, 0.1) is 16.1 Å². The molecule has 4 rings (SSSR count). The third-order valence-corrected chi connectivity index (χ3v) is 6.24. The predicted octanol–water partition coefficient (Wildman–Crippen LogP) is 6.26. The third kappa shape index (κ3) is 3.44. The summed E-state index contributed by atoms with van der Waals surface area (Å²) in [5.74, 6) is 0. The highest BCUT2D eigenvalue weighted by atomic mass is 35.5. The molecule has 0 N–H and O–H groups in total. The summed E-state index contributed by atoms with van der Waals surface area (Å²) >= 11 is 5.89. The van der Waals surface area contributed by atoms with Crippen molar-refractivity contribution < 1.29 is 8.42 Å². The van der Waals surface area contributed by atoms with Gasteiger partial charge < -0.3 is 0 Å². The van der Waals surface area contributed by atoms with Crippen molar-refractivity contribution in [3.8, 4) is 0 Å². The Morgan fingerprint density at radius 2 is 1.61 bits per heavy atom. The number of hydrogen-bond donors (Lipinski definition) is 0. The molecule has 1 heterocycles. The van der Waals surface area contributed by atoms with Gasteiger partial charge in [0.1, 0.15) is 5.69 Å². The lowest BCUT2D eigenvalue weighted by molar-refractivity contribution is 0.589. The minimum atomic E-state index is -3.75. The first-order chi connectivity index (χ1) is 13.4. The summed E-state index contributed by atoms with van der Waals surface area (Å²) in [6, 6.07) is 20.8. The van der Waals surface area contributed by atoms with Gasteiger partial charge in [-0.2, -0.15) is 5.11 Å². The quantitative estimate of drug-likeness (QED) is 0.373. The zero-order chi connectivity index (χ0) is 19.7. The van der Waals surface area contributed by atoms with Crippen LogP contribution in [0.3, 0.4) is 0 Å². The lowest BCUT2D eigenvalue weighted by atomic mass is 10.2. The average Bonchev–Trinajstić information content (AvgIpc) is 3.07. The molecular weight excluding hydrogens is 394 g/mol. The standard InChI is InChI=1S/C21H16ClN3O2S/c1-15-7-12-21-19(13-15)20(24-23-17-10-8-16(22)9-11-17)14-25(21)28(26,27)18-5-3-2-4-6-18/h2-14H,1H3. The van der Waals surface area contributed by atoms with Crippen molar-refractivity contribution in [2.24, 2.45) is 10.2 Å². The summed E-state index contributed by atoms with van der Waals surface area (Å²) in [6.45, 7) is 1.95. The highest BCUT2D eigenvalue weighted by Gasteiger charge is 2.21. The Bertz CT molecular complexity index is 1280. The Hall–Kier alpha value is -2.96. The number of fused-ring (bicyclic) bond motifs is 1. The molecule has 4 aromatic rings. The van der Waals surface area contributed by atoms with Crippen LogP contribution in [-0.2, 0) is 10.0 Å². The second kappa shape index (κ2) is 7.22. The minimum Gasteiger partial charge on any atom is -0.239 e. The number of nitrogens with zero attached hydrogens (tertiary/aromatic N) is 3. The van der Waals surface area contributed by atoms with E-state index < -0.39 is 10.0 Å². The van der Waals surface area contributed by atoms with Crippen molar-refractivity contribution >= 4 is 43.9 Å². The summed E-state index contributed by atoms with van der Waals surface area (Å²) in [5.41, 5.74) is 2.67. The molecule has 0 aliphatic heterocycles. The Morgan fingerprint density at radius 3 is 2.32 bits per heavy atom. The van der Waals surface area contributed by atoms with Crippen LogP contribution in [0.2, 0.25) is 5.02 Å². The average molecular weight is 410 g/mol. The van der Waals surface area contributed by atoms with Gasteiger partial charge in [0.15, 0.2) is 0 Å². The van der Waals surface area contributed by atoms with Gasteiger partial charge in [0.2, 0.25) is 0 Å². The summed E-state index contributed by atoms with van der Waals surface area (Å²) in [4.78, 5) is 0.216. The second-order valence-electron chi connectivity index (χ2n) is 6.33. The first-order valence-corrected chi connectivity index (χ1v) is 10.4. The molecule has 0 bridgehead atoms.